The number of halogens is 1. The molecule has 0 bridgehead atoms. The lowest BCUT2D eigenvalue weighted by atomic mass is 10.0. The Morgan fingerprint density at radius 2 is 1.77 bits per heavy atom. The summed E-state index contributed by atoms with van der Waals surface area (Å²) in [6.45, 7) is 1.82. The van der Waals surface area contributed by atoms with Crippen LogP contribution in [0.5, 0.6) is 0 Å². The molecule has 2 aromatic carbocycles. The predicted molar refractivity (Wildman–Crippen MR) is 115 cm³/mol. The molecule has 2 amide bonds. The van der Waals surface area contributed by atoms with Crippen molar-refractivity contribution in [2.24, 2.45) is 0 Å². The summed E-state index contributed by atoms with van der Waals surface area (Å²) < 4.78 is 19.1. The van der Waals surface area contributed by atoms with Crippen molar-refractivity contribution in [1.29, 1.82) is 0 Å². The summed E-state index contributed by atoms with van der Waals surface area (Å²) in [5, 5.41) is 3.00. The van der Waals surface area contributed by atoms with E-state index in [2.05, 4.69) is 10.1 Å². The highest BCUT2D eigenvalue weighted by Gasteiger charge is 2.30. The molecule has 2 aromatic rings. The molecule has 6 nitrogen and oxygen atoms in total. The molecule has 0 saturated heterocycles. The van der Waals surface area contributed by atoms with Gasteiger partial charge in [0.15, 0.2) is 0 Å². The maximum Gasteiger partial charge on any atom is 0.337 e. The van der Waals surface area contributed by atoms with Gasteiger partial charge in [-0.1, -0.05) is 25.1 Å². The Morgan fingerprint density at radius 1 is 1.10 bits per heavy atom. The SMILES string of the molecule is CCC(=O)N[C@H]1CC[C@@H](N(C)C(=O)c2ccc(-c3ccc(C(=O)OC)cc3F)cc2)C1. The molecule has 2 atom stereocenters. The van der Waals surface area contributed by atoms with E-state index in [1.807, 2.05) is 6.92 Å². The van der Waals surface area contributed by atoms with Crippen LogP contribution in [0, 0.1) is 5.82 Å². The quantitative estimate of drug-likeness (QED) is 0.713. The van der Waals surface area contributed by atoms with Crippen LogP contribution >= 0.6 is 0 Å². The number of methoxy groups -OCH3 is 1. The van der Waals surface area contributed by atoms with Gasteiger partial charge in [-0.3, -0.25) is 9.59 Å². The average Bonchev–Trinajstić information content (AvgIpc) is 3.25. The monoisotopic (exact) mass is 426 g/mol. The zero-order chi connectivity index (χ0) is 22.5. The first-order valence-corrected chi connectivity index (χ1v) is 10.4. The number of carbonyl (C=O) groups is 3. The zero-order valence-corrected chi connectivity index (χ0v) is 18.0. The Bertz CT molecular complexity index is 974. The van der Waals surface area contributed by atoms with Gasteiger partial charge in [-0.2, -0.15) is 0 Å². The number of hydrogen-bond acceptors (Lipinski definition) is 4. The van der Waals surface area contributed by atoms with Crippen LogP contribution in [0.3, 0.4) is 0 Å². The molecule has 1 saturated carbocycles. The highest BCUT2D eigenvalue weighted by Crippen LogP contribution is 2.27. The van der Waals surface area contributed by atoms with E-state index < -0.39 is 11.8 Å². The largest absolute Gasteiger partial charge is 0.465 e. The third kappa shape index (κ3) is 5.10. The molecule has 0 unspecified atom stereocenters. The minimum atomic E-state index is -0.599. The molecule has 3 rings (SSSR count). The number of nitrogens with zero attached hydrogens (tertiary/aromatic N) is 1. The first kappa shape index (κ1) is 22.5. The number of benzene rings is 2. The van der Waals surface area contributed by atoms with Gasteiger partial charge in [0.25, 0.3) is 5.91 Å². The number of ether oxygens (including phenoxy) is 1. The van der Waals surface area contributed by atoms with Gasteiger partial charge in [-0.25, -0.2) is 9.18 Å². The van der Waals surface area contributed by atoms with Gasteiger partial charge in [0, 0.05) is 36.7 Å². The maximum absolute atomic E-state index is 14.5. The summed E-state index contributed by atoms with van der Waals surface area (Å²) in [6, 6.07) is 11.1. The van der Waals surface area contributed by atoms with Gasteiger partial charge >= 0.3 is 5.97 Å². The third-order valence-electron chi connectivity index (χ3n) is 5.79. The summed E-state index contributed by atoms with van der Waals surface area (Å²) in [7, 11) is 3.02. The highest BCUT2D eigenvalue weighted by atomic mass is 19.1. The molecule has 0 spiro atoms. The molecule has 0 aromatic heterocycles. The van der Waals surface area contributed by atoms with Crippen LogP contribution in [0.1, 0.15) is 53.3 Å². The van der Waals surface area contributed by atoms with Crippen molar-refractivity contribution in [3.05, 3.63) is 59.4 Å². The van der Waals surface area contributed by atoms with E-state index in [1.54, 1.807) is 36.2 Å². The number of rotatable bonds is 6. The molecule has 1 fully saturated rings. The van der Waals surface area contributed by atoms with Gasteiger partial charge in [-0.05, 0) is 49.1 Å². The van der Waals surface area contributed by atoms with Gasteiger partial charge in [0.05, 0.1) is 12.7 Å². The number of esters is 1. The number of carbonyl (C=O) groups excluding carboxylic acids is 3. The van der Waals surface area contributed by atoms with Gasteiger partial charge < -0.3 is 15.0 Å². The molecule has 1 aliphatic rings. The van der Waals surface area contributed by atoms with Gasteiger partial charge in [0.2, 0.25) is 5.91 Å². The smallest absolute Gasteiger partial charge is 0.337 e. The minimum Gasteiger partial charge on any atom is -0.465 e. The van der Waals surface area contributed by atoms with Crippen molar-refractivity contribution in [3.8, 4) is 11.1 Å². The van der Waals surface area contributed by atoms with E-state index in [0.717, 1.165) is 25.3 Å². The van der Waals surface area contributed by atoms with Gasteiger partial charge in [0.1, 0.15) is 5.82 Å². The lowest BCUT2D eigenvalue weighted by Crippen LogP contribution is -2.38. The molecule has 1 aliphatic carbocycles. The predicted octanol–water partition coefficient (Wildman–Crippen LogP) is 3.80. The molecule has 1 N–H and O–H groups in total. The van der Waals surface area contributed by atoms with Crippen LogP contribution in [-0.4, -0.2) is 48.9 Å². The zero-order valence-electron chi connectivity index (χ0n) is 18.0. The lowest BCUT2D eigenvalue weighted by Gasteiger charge is -2.25. The molecule has 7 heteroatoms. The molecular weight excluding hydrogens is 399 g/mol. The second kappa shape index (κ2) is 9.73. The molecular formula is C24H27FN2O4. The topological polar surface area (TPSA) is 75.7 Å². The molecule has 0 heterocycles. The summed E-state index contributed by atoms with van der Waals surface area (Å²) in [5.74, 6) is -1.22. The summed E-state index contributed by atoms with van der Waals surface area (Å²) in [5.41, 5.74) is 1.60. The Kier molecular flexibility index (Phi) is 7.05. The van der Waals surface area contributed by atoms with Gasteiger partial charge in [-0.15, -0.1) is 0 Å². The van der Waals surface area contributed by atoms with Crippen LogP contribution in [0.25, 0.3) is 11.1 Å². The standard InChI is InChI=1S/C24H27FN2O4/c1-4-22(28)26-18-10-11-19(14-18)27(2)23(29)16-7-5-15(6-8-16)20-12-9-17(13-21(20)25)24(30)31-3/h5-9,12-13,18-19H,4,10-11,14H2,1-3H3,(H,26,28)/t18-,19+/m0/s1. The minimum absolute atomic E-state index is 0.0297. The van der Waals surface area contributed by atoms with E-state index in [1.165, 1.54) is 19.2 Å². The molecule has 31 heavy (non-hydrogen) atoms. The fourth-order valence-corrected chi connectivity index (χ4v) is 3.93. The van der Waals surface area contributed by atoms with Crippen LogP contribution < -0.4 is 5.32 Å². The third-order valence-corrected chi connectivity index (χ3v) is 5.79. The second-order valence-corrected chi connectivity index (χ2v) is 7.76. The van der Waals surface area contributed by atoms with Crippen LogP contribution in [-0.2, 0) is 9.53 Å². The van der Waals surface area contributed by atoms with Crippen molar-refractivity contribution in [2.45, 2.75) is 44.7 Å². The number of hydrogen-bond donors (Lipinski definition) is 1. The van der Waals surface area contributed by atoms with Crippen molar-refractivity contribution >= 4 is 17.8 Å². The Morgan fingerprint density at radius 3 is 2.39 bits per heavy atom. The fourth-order valence-electron chi connectivity index (χ4n) is 3.93. The van der Waals surface area contributed by atoms with Crippen molar-refractivity contribution in [3.63, 3.8) is 0 Å². The highest BCUT2D eigenvalue weighted by molar-refractivity contribution is 5.95. The summed E-state index contributed by atoms with van der Waals surface area (Å²) in [4.78, 5) is 37.8. The van der Waals surface area contributed by atoms with E-state index in [-0.39, 0.29) is 29.5 Å². The van der Waals surface area contributed by atoms with E-state index in [9.17, 15) is 18.8 Å². The van der Waals surface area contributed by atoms with Crippen LogP contribution in [0.2, 0.25) is 0 Å². The van der Waals surface area contributed by atoms with E-state index >= 15 is 0 Å². The first-order chi connectivity index (χ1) is 14.8. The second-order valence-electron chi connectivity index (χ2n) is 7.76. The van der Waals surface area contributed by atoms with E-state index in [0.29, 0.717) is 23.1 Å². The van der Waals surface area contributed by atoms with Crippen molar-refractivity contribution in [1.82, 2.24) is 10.2 Å². The maximum atomic E-state index is 14.5. The summed E-state index contributed by atoms with van der Waals surface area (Å²) in [6.07, 6.45) is 2.89. The number of nitrogens with one attached hydrogen (secondary N) is 1. The van der Waals surface area contributed by atoms with Crippen LogP contribution in [0.15, 0.2) is 42.5 Å². The van der Waals surface area contributed by atoms with Crippen LogP contribution in [0.4, 0.5) is 4.39 Å². The first-order valence-electron chi connectivity index (χ1n) is 10.4. The number of amides is 2. The van der Waals surface area contributed by atoms with Crippen molar-refractivity contribution in [2.75, 3.05) is 14.2 Å². The Hall–Kier alpha value is -3.22. The normalized spacial score (nSPS) is 17.8. The Labute approximate surface area is 181 Å². The lowest BCUT2D eigenvalue weighted by molar-refractivity contribution is -0.121. The molecule has 0 radical (unpaired) electrons. The average molecular weight is 426 g/mol. The molecule has 0 aliphatic heterocycles. The molecule has 164 valence electrons. The fraction of sp³-hybridized carbons (Fsp3) is 0.375. The van der Waals surface area contributed by atoms with E-state index in [4.69, 9.17) is 0 Å². The Balaban J connectivity index is 1.68. The van der Waals surface area contributed by atoms with Crippen molar-refractivity contribution < 1.29 is 23.5 Å². The summed E-state index contributed by atoms with van der Waals surface area (Å²) >= 11 is 0.